The fourth-order valence-corrected chi connectivity index (χ4v) is 4.91. The van der Waals surface area contributed by atoms with Crippen molar-refractivity contribution in [2.75, 3.05) is 27.4 Å². The zero-order valence-corrected chi connectivity index (χ0v) is 24.9. The molecule has 1 aliphatic carbocycles. The number of ketones is 1. The van der Waals surface area contributed by atoms with E-state index in [0.717, 1.165) is 23.3 Å². The van der Waals surface area contributed by atoms with Crippen LogP contribution in [-0.2, 0) is 27.1 Å². The molecule has 1 aromatic heterocycles. The number of aromatic nitrogens is 1. The number of rotatable bonds is 16. The second-order valence-electron chi connectivity index (χ2n) is 11.1. The average Bonchev–Trinajstić information content (AvgIpc) is 3.82. The third kappa shape index (κ3) is 8.55. The lowest BCUT2D eigenvalue weighted by molar-refractivity contribution is -0.156. The number of esters is 1. The predicted octanol–water partition coefficient (Wildman–Crippen LogP) is 5.82. The molecule has 1 saturated carbocycles. The molecule has 1 N–H and O–H groups in total. The second-order valence-corrected chi connectivity index (χ2v) is 11.1. The van der Waals surface area contributed by atoms with Gasteiger partial charge in [-0.2, -0.15) is 0 Å². The third-order valence-electron chi connectivity index (χ3n) is 7.69. The van der Waals surface area contributed by atoms with Crippen LogP contribution in [0.1, 0.15) is 60.3 Å². The number of methoxy groups -OCH3 is 2. The van der Waals surface area contributed by atoms with Crippen molar-refractivity contribution in [2.45, 2.75) is 52.1 Å². The van der Waals surface area contributed by atoms with Crippen molar-refractivity contribution in [1.82, 2.24) is 4.98 Å². The molecule has 2 aromatic carbocycles. The zero-order valence-electron chi connectivity index (χ0n) is 24.9. The van der Waals surface area contributed by atoms with Crippen molar-refractivity contribution in [1.29, 1.82) is 0 Å². The number of pyridine rings is 1. The molecule has 4 rings (SSSR count). The summed E-state index contributed by atoms with van der Waals surface area (Å²) in [5, 5.41) is 10.3. The summed E-state index contributed by atoms with van der Waals surface area (Å²) in [4.78, 5) is 29.9. The lowest BCUT2D eigenvalue weighted by atomic mass is 9.92. The van der Waals surface area contributed by atoms with Gasteiger partial charge < -0.3 is 24.1 Å². The molecule has 0 radical (unpaired) electrons. The molecule has 8 nitrogen and oxygen atoms in total. The number of hydrogen-bond donors (Lipinski definition) is 1. The van der Waals surface area contributed by atoms with E-state index in [1.165, 1.54) is 37.8 Å². The van der Waals surface area contributed by atoms with E-state index in [1.807, 2.05) is 37.3 Å². The Morgan fingerprint density at radius 3 is 2.40 bits per heavy atom. The van der Waals surface area contributed by atoms with Crippen LogP contribution in [0.2, 0.25) is 0 Å². The molecular weight excluding hydrogens is 534 g/mol. The molecule has 3 aromatic rings. The van der Waals surface area contributed by atoms with E-state index >= 15 is 0 Å². The summed E-state index contributed by atoms with van der Waals surface area (Å²) in [5.74, 6) is -0.485. The van der Waals surface area contributed by atoms with Crippen LogP contribution < -0.4 is 9.47 Å². The fourth-order valence-electron chi connectivity index (χ4n) is 4.91. The van der Waals surface area contributed by atoms with E-state index in [9.17, 15) is 14.7 Å². The second kappa shape index (κ2) is 14.8. The fraction of sp³-hybridized carbons (Fsp3) is 0.441. The first-order valence-corrected chi connectivity index (χ1v) is 14.5. The van der Waals surface area contributed by atoms with Gasteiger partial charge in [-0.15, -0.1) is 0 Å². The van der Waals surface area contributed by atoms with Gasteiger partial charge >= 0.3 is 5.97 Å². The summed E-state index contributed by atoms with van der Waals surface area (Å²) in [5.41, 5.74) is 3.26. The highest BCUT2D eigenvalue weighted by Gasteiger charge is 2.29. The van der Waals surface area contributed by atoms with Gasteiger partial charge in [0.25, 0.3) is 0 Å². The van der Waals surface area contributed by atoms with Crippen LogP contribution in [0, 0.1) is 17.8 Å². The van der Waals surface area contributed by atoms with Gasteiger partial charge in [-0.25, -0.2) is 4.98 Å². The summed E-state index contributed by atoms with van der Waals surface area (Å²) >= 11 is 0. The number of carbonyl (C=O) groups excluding carboxylic acids is 2. The molecule has 0 saturated heterocycles. The Balaban J connectivity index is 1.43. The third-order valence-corrected chi connectivity index (χ3v) is 7.69. The first kappa shape index (κ1) is 31.0. The Hall–Kier alpha value is -3.91. The number of aromatic hydroxyl groups is 1. The van der Waals surface area contributed by atoms with Gasteiger partial charge in [-0.05, 0) is 54.9 Å². The van der Waals surface area contributed by atoms with Crippen LogP contribution in [0.15, 0.2) is 60.8 Å². The minimum absolute atomic E-state index is 0.0855. The maximum atomic E-state index is 13.1. The van der Waals surface area contributed by atoms with Gasteiger partial charge in [0.2, 0.25) is 0 Å². The first-order valence-electron chi connectivity index (χ1n) is 14.5. The molecular formula is C34H41NO7. The lowest BCUT2D eigenvalue weighted by Crippen LogP contribution is -2.32. The summed E-state index contributed by atoms with van der Waals surface area (Å²) in [6.45, 7) is 4.68. The highest BCUT2D eigenvalue weighted by atomic mass is 16.5. The Kier molecular flexibility index (Phi) is 11.0. The summed E-state index contributed by atoms with van der Waals surface area (Å²) < 4.78 is 22.7. The van der Waals surface area contributed by atoms with Gasteiger partial charge in [0, 0.05) is 37.6 Å². The van der Waals surface area contributed by atoms with Crippen LogP contribution in [0.3, 0.4) is 0 Å². The normalized spacial score (nSPS) is 15.0. The molecule has 42 heavy (non-hydrogen) atoms. The number of benzene rings is 2. The molecule has 1 heterocycles. The number of ether oxygens (including phenoxy) is 4. The topological polar surface area (TPSA) is 104 Å². The molecule has 0 unspecified atom stereocenters. The van der Waals surface area contributed by atoms with Crippen molar-refractivity contribution in [2.24, 2.45) is 17.8 Å². The average molecular weight is 576 g/mol. The van der Waals surface area contributed by atoms with Crippen molar-refractivity contribution in [3.63, 3.8) is 0 Å². The summed E-state index contributed by atoms with van der Waals surface area (Å²) in [6, 6.07) is 17.9. The van der Waals surface area contributed by atoms with Crippen LogP contribution in [0.4, 0.5) is 0 Å². The van der Waals surface area contributed by atoms with Crippen molar-refractivity contribution < 1.29 is 33.6 Å². The van der Waals surface area contributed by atoms with E-state index in [2.05, 4.69) is 23.2 Å². The maximum absolute atomic E-state index is 13.1. The molecule has 0 bridgehead atoms. The number of Topliss-reactive ketones (excluding diaryl/α,β-unsaturated/α-hetero) is 1. The Labute approximate surface area is 248 Å². The highest BCUT2D eigenvalue weighted by Crippen LogP contribution is 2.31. The van der Waals surface area contributed by atoms with Crippen LogP contribution in [-0.4, -0.2) is 55.4 Å². The van der Waals surface area contributed by atoms with Crippen LogP contribution in [0.25, 0.3) is 0 Å². The molecule has 8 heteroatoms. The highest BCUT2D eigenvalue weighted by molar-refractivity contribution is 5.99. The van der Waals surface area contributed by atoms with Gasteiger partial charge in [0.1, 0.15) is 11.9 Å². The van der Waals surface area contributed by atoms with Crippen LogP contribution in [0.5, 0.6) is 17.2 Å². The quantitative estimate of drug-likeness (QED) is 0.168. The van der Waals surface area contributed by atoms with Gasteiger partial charge in [-0.1, -0.05) is 49.4 Å². The predicted molar refractivity (Wildman–Crippen MR) is 159 cm³/mol. The zero-order chi connectivity index (χ0) is 30.1. The molecule has 224 valence electrons. The van der Waals surface area contributed by atoms with Crippen LogP contribution >= 0.6 is 0 Å². The Morgan fingerprint density at radius 2 is 1.71 bits per heavy atom. The largest absolute Gasteiger partial charge is 0.503 e. The molecule has 0 amide bonds. The van der Waals surface area contributed by atoms with E-state index in [1.54, 1.807) is 14.0 Å². The minimum atomic E-state index is -0.723. The molecule has 0 aliphatic heterocycles. The van der Waals surface area contributed by atoms with E-state index in [0.29, 0.717) is 25.6 Å². The van der Waals surface area contributed by atoms with Gasteiger partial charge in [0.15, 0.2) is 23.0 Å². The summed E-state index contributed by atoms with van der Waals surface area (Å²) in [7, 11) is 3.07. The van der Waals surface area contributed by atoms with E-state index in [4.69, 9.17) is 18.9 Å². The molecule has 0 spiro atoms. The van der Waals surface area contributed by atoms with E-state index in [-0.39, 0.29) is 29.5 Å². The first-order chi connectivity index (χ1) is 20.3. The van der Waals surface area contributed by atoms with Crippen molar-refractivity contribution in [3.8, 4) is 17.2 Å². The Bertz CT molecular complexity index is 1340. The number of carbonyl (C=O) groups is 2. The van der Waals surface area contributed by atoms with Gasteiger partial charge in [0.05, 0.1) is 26.7 Å². The summed E-state index contributed by atoms with van der Waals surface area (Å²) in [6.07, 6.45) is 4.57. The SMILES string of the molecule is COc1ccc(C[C@H](COCC2CC2)[C@H](C)OC(=O)[C@H](C)CC(=O)c2nccc(OC)c2O)cc1Cc1ccccc1. The molecule has 1 aliphatic rings. The number of nitrogens with zero attached hydrogens (tertiary/aromatic N) is 1. The monoisotopic (exact) mass is 575 g/mol. The Morgan fingerprint density at radius 1 is 0.976 bits per heavy atom. The molecule has 1 fully saturated rings. The number of hydrogen-bond acceptors (Lipinski definition) is 8. The van der Waals surface area contributed by atoms with Crippen molar-refractivity contribution >= 4 is 11.8 Å². The molecule has 3 atom stereocenters. The van der Waals surface area contributed by atoms with Gasteiger partial charge in [-0.3, -0.25) is 9.59 Å². The van der Waals surface area contributed by atoms with Crippen molar-refractivity contribution in [3.05, 3.63) is 83.2 Å². The lowest BCUT2D eigenvalue weighted by Gasteiger charge is -2.26. The minimum Gasteiger partial charge on any atom is -0.503 e. The van der Waals surface area contributed by atoms with E-state index < -0.39 is 23.8 Å². The standard InChI is InChI=1S/C34H41NO7/c1-22(16-29(36)32-33(37)31(40-4)14-15-35-32)34(38)42-23(2)28(21-41-20-25-10-11-25)19-26-12-13-30(39-3)27(18-26)17-24-8-6-5-7-9-24/h5-9,12-15,18,22-23,25,28,37H,10-11,16-17,19-21H2,1-4H3/t22-,23+,28-/m1/s1. The maximum Gasteiger partial charge on any atom is 0.309 e. The smallest absolute Gasteiger partial charge is 0.309 e.